The summed E-state index contributed by atoms with van der Waals surface area (Å²) in [5.41, 5.74) is 0.959. The van der Waals surface area contributed by atoms with E-state index in [1.54, 1.807) is 6.07 Å². The lowest BCUT2D eigenvalue weighted by molar-refractivity contribution is 0.408. The Morgan fingerprint density at radius 3 is 2.06 bits per heavy atom. The summed E-state index contributed by atoms with van der Waals surface area (Å²) in [6.07, 6.45) is 0. The molecule has 0 atom stereocenters. The van der Waals surface area contributed by atoms with E-state index in [1.165, 1.54) is 0 Å². The molecule has 0 bridgehead atoms. The van der Waals surface area contributed by atoms with Crippen molar-refractivity contribution >= 4 is 21.5 Å². The molecule has 0 heterocycles. The standard InChI is InChI=1S/C15H12O2/c1-9-6-14(16)15(17)13-8-11-5-3-2-4-10(11)7-12(9)13/h2-8,16-17H,1H3. The van der Waals surface area contributed by atoms with Crippen molar-refractivity contribution in [3.63, 3.8) is 0 Å². The fraction of sp³-hybridized carbons (Fsp3) is 0.0667. The molecule has 0 aliphatic carbocycles. The highest BCUT2D eigenvalue weighted by Gasteiger charge is 2.09. The molecule has 17 heavy (non-hydrogen) atoms. The zero-order valence-electron chi connectivity index (χ0n) is 9.44. The molecule has 2 N–H and O–H groups in total. The van der Waals surface area contributed by atoms with Crippen LogP contribution in [-0.4, -0.2) is 10.2 Å². The van der Waals surface area contributed by atoms with Gasteiger partial charge in [0.2, 0.25) is 0 Å². The van der Waals surface area contributed by atoms with Gasteiger partial charge < -0.3 is 10.2 Å². The van der Waals surface area contributed by atoms with Crippen LogP contribution in [0.1, 0.15) is 5.56 Å². The van der Waals surface area contributed by atoms with Crippen molar-refractivity contribution in [1.82, 2.24) is 0 Å². The normalized spacial score (nSPS) is 11.1. The number of hydrogen-bond acceptors (Lipinski definition) is 2. The van der Waals surface area contributed by atoms with Crippen LogP contribution in [0.4, 0.5) is 0 Å². The second kappa shape index (κ2) is 3.39. The van der Waals surface area contributed by atoms with E-state index in [0.29, 0.717) is 5.39 Å². The van der Waals surface area contributed by atoms with Gasteiger partial charge in [-0.2, -0.15) is 0 Å². The van der Waals surface area contributed by atoms with E-state index >= 15 is 0 Å². The number of hydrogen-bond donors (Lipinski definition) is 2. The van der Waals surface area contributed by atoms with Gasteiger partial charge in [0.1, 0.15) is 0 Å². The molecule has 0 radical (unpaired) electrons. The van der Waals surface area contributed by atoms with E-state index in [1.807, 2.05) is 43.3 Å². The highest BCUT2D eigenvalue weighted by Crippen LogP contribution is 2.37. The largest absolute Gasteiger partial charge is 0.504 e. The molecule has 2 nitrogen and oxygen atoms in total. The topological polar surface area (TPSA) is 40.5 Å². The molecule has 0 unspecified atom stereocenters. The number of aromatic hydroxyl groups is 2. The van der Waals surface area contributed by atoms with Gasteiger partial charge in [0, 0.05) is 5.39 Å². The summed E-state index contributed by atoms with van der Waals surface area (Å²) in [4.78, 5) is 0. The fourth-order valence-electron chi connectivity index (χ4n) is 2.25. The highest BCUT2D eigenvalue weighted by molar-refractivity contribution is 6.03. The average molecular weight is 224 g/mol. The number of fused-ring (bicyclic) bond motifs is 2. The Labute approximate surface area is 98.7 Å². The zero-order valence-corrected chi connectivity index (χ0v) is 9.44. The first kappa shape index (κ1) is 9.97. The van der Waals surface area contributed by atoms with Gasteiger partial charge in [-0.1, -0.05) is 24.3 Å². The smallest absolute Gasteiger partial charge is 0.165 e. The van der Waals surface area contributed by atoms with Crippen LogP contribution in [0, 0.1) is 6.92 Å². The van der Waals surface area contributed by atoms with Gasteiger partial charge in [0.05, 0.1) is 0 Å². The van der Waals surface area contributed by atoms with Gasteiger partial charge in [-0.05, 0) is 46.8 Å². The SMILES string of the molecule is Cc1cc(O)c(O)c2cc3ccccc3cc12. The molecule has 3 rings (SSSR count). The Morgan fingerprint density at radius 1 is 0.824 bits per heavy atom. The van der Waals surface area contributed by atoms with Crippen LogP contribution in [0.5, 0.6) is 11.5 Å². The maximum Gasteiger partial charge on any atom is 0.165 e. The van der Waals surface area contributed by atoms with Gasteiger partial charge in [-0.3, -0.25) is 0 Å². The van der Waals surface area contributed by atoms with Gasteiger partial charge in [0.25, 0.3) is 0 Å². The van der Waals surface area contributed by atoms with Crippen molar-refractivity contribution in [2.24, 2.45) is 0 Å². The van der Waals surface area contributed by atoms with Crippen LogP contribution < -0.4 is 0 Å². The second-order valence-electron chi connectivity index (χ2n) is 4.31. The highest BCUT2D eigenvalue weighted by atomic mass is 16.3. The third-order valence-electron chi connectivity index (χ3n) is 3.16. The molecular weight excluding hydrogens is 212 g/mol. The molecule has 0 aliphatic heterocycles. The average Bonchev–Trinajstić information content (AvgIpc) is 2.34. The van der Waals surface area contributed by atoms with Gasteiger partial charge in [-0.25, -0.2) is 0 Å². The first-order valence-electron chi connectivity index (χ1n) is 5.51. The molecule has 0 fully saturated rings. The van der Waals surface area contributed by atoms with Crippen molar-refractivity contribution < 1.29 is 10.2 Å². The third kappa shape index (κ3) is 1.41. The number of phenolic OH excluding ortho intramolecular Hbond substituents is 2. The predicted octanol–water partition coefficient (Wildman–Crippen LogP) is 3.71. The molecule has 0 aliphatic rings. The number of rotatable bonds is 0. The first-order chi connectivity index (χ1) is 8.16. The molecule has 2 heteroatoms. The van der Waals surface area contributed by atoms with E-state index < -0.39 is 0 Å². The minimum atomic E-state index is -0.0646. The summed E-state index contributed by atoms with van der Waals surface area (Å²) in [6.45, 7) is 1.93. The summed E-state index contributed by atoms with van der Waals surface area (Å²) >= 11 is 0. The first-order valence-corrected chi connectivity index (χ1v) is 5.51. The predicted molar refractivity (Wildman–Crippen MR) is 69.5 cm³/mol. The van der Waals surface area contributed by atoms with Crippen LogP contribution in [-0.2, 0) is 0 Å². The monoisotopic (exact) mass is 224 g/mol. The summed E-state index contributed by atoms with van der Waals surface area (Å²) in [6, 6.07) is 13.5. The second-order valence-corrected chi connectivity index (χ2v) is 4.31. The molecule has 0 spiro atoms. The van der Waals surface area contributed by atoms with E-state index in [2.05, 4.69) is 0 Å². The molecule has 0 amide bonds. The Hall–Kier alpha value is -2.22. The minimum Gasteiger partial charge on any atom is -0.504 e. The summed E-state index contributed by atoms with van der Waals surface area (Å²) in [5, 5.41) is 23.4. The Morgan fingerprint density at radius 2 is 1.41 bits per heavy atom. The van der Waals surface area contributed by atoms with Crippen LogP contribution in [0.2, 0.25) is 0 Å². The number of phenols is 2. The van der Waals surface area contributed by atoms with Crippen LogP contribution in [0.25, 0.3) is 21.5 Å². The van der Waals surface area contributed by atoms with Crippen molar-refractivity contribution in [3.8, 4) is 11.5 Å². The molecule has 84 valence electrons. The van der Waals surface area contributed by atoms with Crippen molar-refractivity contribution in [2.75, 3.05) is 0 Å². The molecular formula is C15H12O2. The van der Waals surface area contributed by atoms with E-state index in [-0.39, 0.29) is 11.5 Å². The minimum absolute atomic E-state index is 0.0450. The van der Waals surface area contributed by atoms with Gasteiger partial charge >= 0.3 is 0 Å². The maximum absolute atomic E-state index is 9.89. The zero-order chi connectivity index (χ0) is 12.0. The van der Waals surface area contributed by atoms with E-state index in [4.69, 9.17) is 0 Å². The lowest BCUT2D eigenvalue weighted by Gasteiger charge is -2.08. The Bertz CT molecular complexity index is 730. The Balaban J connectivity index is 2.56. The molecule has 0 saturated heterocycles. The maximum atomic E-state index is 9.89. The van der Waals surface area contributed by atoms with Gasteiger partial charge in [0.15, 0.2) is 11.5 Å². The summed E-state index contributed by atoms with van der Waals surface area (Å²) in [5.74, 6) is -0.110. The van der Waals surface area contributed by atoms with E-state index in [0.717, 1.165) is 21.7 Å². The summed E-state index contributed by atoms with van der Waals surface area (Å²) < 4.78 is 0. The Kier molecular flexibility index (Phi) is 1.99. The van der Waals surface area contributed by atoms with Crippen LogP contribution in [0.15, 0.2) is 42.5 Å². The molecule has 0 aromatic heterocycles. The van der Waals surface area contributed by atoms with Crippen LogP contribution >= 0.6 is 0 Å². The fourth-order valence-corrected chi connectivity index (χ4v) is 2.25. The number of benzene rings is 3. The summed E-state index contributed by atoms with van der Waals surface area (Å²) in [7, 11) is 0. The van der Waals surface area contributed by atoms with Crippen molar-refractivity contribution in [3.05, 3.63) is 48.0 Å². The molecule has 3 aromatic rings. The van der Waals surface area contributed by atoms with Gasteiger partial charge in [-0.15, -0.1) is 0 Å². The number of aryl methyl sites for hydroxylation is 1. The van der Waals surface area contributed by atoms with Crippen molar-refractivity contribution in [1.29, 1.82) is 0 Å². The third-order valence-corrected chi connectivity index (χ3v) is 3.16. The lowest BCUT2D eigenvalue weighted by atomic mass is 9.99. The van der Waals surface area contributed by atoms with Crippen LogP contribution in [0.3, 0.4) is 0 Å². The molecule has 3 aromatic carbocycles. The van der Waals surface area contributed by atoms with E-state index in [9.17, 15) is 10.2 Å². The lowest BCUT2D eigenvalue weighted by Crippen LogP contribution is -1.82. The van der Waals surface area contributed by atoms with Crippen molar-refractivity contribution in [2.45, 2.75) is 6.92 Å². The molecule has 0 saturated carbocycles. The quantitative estimate of drug-likeness (QED) is 0.451.